The highest BCUT2D eigenvalue weighted by Crippen LogP contribution is 2.36. The topological polar surface area (TPSA) is 89.3 Å². The van der Waals surface area contributed by atoms with Gasteiger partial charge in [0.25, 0.3) is 5.91 Å². The van der Waals surface area contributed by atoms with Crippen LogP contribution < -0.4 is 9.64 Å². The molecule has 2 atom stereocenters. The molecule has 0 unspecified atom stereocenters. The maximum atomic E-state index is 13.5. The van der Waals surface area contributed by atoms with Gasteiger partial charge in [-0.2, -0.15) is 28.2 Å². The normalized spacial score (nSPS) is 20.2. The van der Waals surface area contributed by atoms with Crippen LogP contribution in [-0.4, -0.2) is 68.6 Å². The second kappa shape index (κ2) is 8.01. The quantitative estimate of drug-likeness (QED) is 0.592. The molecule has 2 aliphatic heterocycles. The van der Waals surface area contributed by atoms with Crippen LogP contribution in [0.2, 0.25) is 0 Å². The first-order chi connectivity index (χ1) is 15.8. The van der Waals surface area contributed by atoms with Gasteiger partial charge in [0, 0.05) is 31.7 Å². The van der Waals surface area contributed by atoms with Gasteiger partial charge < -0.3 is 14.5 Å². The number of aromatic nitrogens is 5. The predicted octanol–water partition coefficient (Wildman–Crippen LogP) is 2.44. The van der Waals surface area contributed by atoms with E-state index in [1.807, 2.05) is 0 Å². The number of nitrogens with zero attached hydrogens (tertiary/aromatic N) is 7. The van der Waals surface area contributed by atoms with Crippen LogP contribution in [0.5, 0.6) is 5.75 Å². The van der Waals surface area contributed by atoms with Gasteiger partial charge in [0.15, 0.2) is 0 Å². The fraction of sp³-hybridized carbons (Fsp3) is 0.381. The number of hydrogen-bond acceptors (Lipinski definition) is 7. The summed E-state index contributed by atoms with van der Waals surface area (Å²) in [6.07, 6.45) is 0.344. The highest BCUT2D eigenvalue weighted by molar-refractivity contribution is 5.99. The minimum atomic E-state index is -4.54. The molecule has 0 saturated carbocycles. The first kappa shape index (κ1) is 21.2. The number of likely N-dealkylation sites (tertiary alicyclic amines) is 1. The molecule has 172 valence electrons. The van der Waals surface area contributed by atoms with Crippen LogP contribution in [-0.2, 0) is 6.18 Å². The van der Waals surface area contributed by atoms with Gasteiger partial charge in [0.1, 0.15) is 11.4 Å². The average Bonchev–Trinajstić information content (AvgIpc) is 3.33. The summed E-state index contributed by atoms with van der Waals surface area (Å²) in [5.41, 5.74) is -0.0801. The largest absolute Gasteiger partial charge is 0.497 e. The Morgan fingerprint density at radius 1 is 1.12 bits per heavy atom. The number of carbonyl (C=O) groups is 1. The Morgan fingerprint density at radius 2 is 1.91 bits per heavy atom. The molecule has 12 heteroatoms. The van der Waals surface area contributed by atoms with E-state index >= 15 is 0 Å². The molecule has 5 rings (SSSR count). The lowest BCUT2D eigenvalue weighted by molar-refractivity contribution is -0.141. The molecule has 1 amide bonds. The maximum Gasteiger partial charge on any atom is 0.433 e. The Kier molecular flexibility index (Phi) is 5.14. The van der Waals surface area contributed by atoms with Crippen molar-refractivity contribution in [3.8, 4) is 11.4 Å². The fourth-order valence-corrected chi connectivity index (χ4v) is 4.35. The Hall–Kier alpha value is -3.70. The zero-order valence-corrected chi connectivity index (χ0v) is 17.6. The van der Waals surface area contributed by atoms with Crippen molar-refractivity contribution in [1.82, 2.24) is 29.9 Å². The third kappa shape index (κ3) is 3.85. The van der Waals surface area contributed by atoms with Crippen LogP contribution >= 0.6 is 0 Å². The number of piperidine rings is 1. The van der Waals surface area contributed by atoms with E-state index in [9.17, 15) is 18.0 Å². The van der Waals surface area contributed by atoms with Crippen LogP contribution in [0.25, 0.3) is 5.69 Å². The molecular weight excluding hydrogens is 439 g/mol. The lowest BCUT2D eigenvalue weighted by atomic mass is 9.81. The van der Waals surface area contributed by atoms with E-state index in [1.54, 1.807) is 28.0 Å². The number of alkyl halides is 3. The number of anilines is 1. The van der Waals surface area contributed by atoms with E-state index in [2.05, 4.69) is 20.2 Å². The second-order valence-electron chi connectivity index (χ2n) is 7.96. The Balaban J connectivity index is 1.39. The van der Waals surface area contributed by atoms with Gasteiger partial charge in [-0.3, -0.25) is 4.79 Å². The van der Waals surface area contributed by atoms with E-state index in [-0.39, 0.29) is 23.8 Å². The van der Waals surface area contributed by atoms with Crippen molar-refractivity contribution < 1.29 is 22.7 Å². The minimum Gasteiger partial charge on any atom is -0.497 e. The van der Waals surface area contributed by atoms with Crippen LogP contribution in [0, 0.1) is 5.92 Å². The van der Waals surface area contributed by atoms with Gasteiger partial charge in [-0.15, -0.1) is 0 Å². The number of fused-ring (bicyclic) bond motifs is 1. The van der Waals surface area contributed by atoms with Crippen LogP contribution in [0.1, 0.15) is 22.5 Å². The fourth-order valence-electron chi connectivity index (χ4n) is 4.35. The predicted molar refractivity (Wildman–Crippen MR) is 110 cm³/mol. The number of carbonyl (C=O) groups excluding carboxylic acids is 1. The minimum absolute atomic E-state index is 0.0189. The van der Waals surface area contributed by atoms with E-state index in [1.165, 1.54) is 24.3 Å². The summed E-state index contributed by atoms with van der Waals surface area (Å²) in [5.74, 6) is 0.599. The molecule has 0 radical (unpaired) electrons. The van der Waals surface area contributed by atoms with E-state index in [0.717, 1.165) is 18.7 Å². The Bertz CT molecular complexity index is 1170. The molecule has 2 saturated heterocycles. The molecule has 4 heterocycles. The van der Waals surface area contributed by atoms with Crippen molar-refractivity contribution in [1.29, 1.82) is 0 Å². The second-order valence-corrected chi connectivity index (χ2v) is 7.96. The zero-order chi connectivity index (χ0) is 23.2. The molecular formula is C21H20F3N7O2. The van der Waals surface area contributed by atoms with Gasteiger partial charge >= 0.3 is 6.18 Å². The van der Waals surface area contributed by atoms with Gasteiger partial charge in [0.05, 0.1) is 36.8 Å². The molecule has 1 aromatic carbocycles. The van der Waals surface area contributed by atoms with Crippen molar-refractivity contribution in [3.63, 3.8) is 0 Å². The van der Waals surface area contributed by atoms with Crippen LogP contribution in [0.4, 0.5) is 19.1 Å². The molecule has 3 aromatic rings. The van der Waals surface area contributed by atoms with Gasteiger partial charge in [-0.1, -0.05) is 0 Å². The number of benzene rings is 1. The summed E-state index contributed by atoms with van der Waals surface area (Å²) in [5, 5.41) is 8.25. The summed E-state index contributed by atoms with van der Waals surface area (Å²) in [4.78, 5) is 26.0. The van der Waals surface area contributed by atoms with Crippen molar-refractivity contribution in [3.05, 3.63) is 54.1 Å². The number of amides is 1. The molecule has 0 spiro atoms. The van der Waals surface area contributed by atoms with E-state index in [4.69, 9.17) is 4.74 Å². The average molecular weight is 459 g/mol. The number of hydrogen-bond donors (Lipinski definition) is 0. The summed E-state index contributed by atoms with van der Waals surface area (Å²) in [6, 6.07) is 5.77. The Labute approximate surface area is 186 Å². The third-order valence-electron chi connectivity index (χ3n) is 6.10. The number of halogens is 3. The van der Waals surface area contributed by atoms with Gasteiger partial charge in [-0.25, -0.2) is 9.97 Å². The monoisotopic (exact) mass is 459 g/mol. The maximum absolute atomic E-state index is 13.5. The van der Waals surface area contributed by atoms with Crippen molar-refractivity contribution in [2.75, 3.05) is 31.6 Å². The number of methoxy groups -OCH3 is 1. The number of ether oxygens (including phenoxy) is 1. The highest BCUT2D eigenvalue weighted by atomic mass is 19.4. The Morgan fingerprint density at radius 3 is 2.64 bits per heavy atom. The SMILES string of the molecule is COc1ccc(-n2nccn2)c(C(=O)N2C[C@H]3CCN(c4nccc(C(F)(F)F)n4)C[C@H]32)c1. The molecule has 0 N–H and O–H groups in total. The van der Waals surface area contributed by atoms with Crippen molar-refractivity contribution in [2.24, 2.45) is 5.92 Å². The first-order valence-electron chi connectivity index (χ1n) is 10.4. The summed E-state index contributed by atoms with van der Waals surface area (Å²) in [6.45, 7) is 1.47. The zero-order valence-electron chi connectivity index (χ0n) is 17.6. The van der Waals surface area contributed by atoms with Gasteiger partial charge in [0.2, 0.25) is 5.95 Å². The molecule has 2 aromatic heterocycles. The van der Waals surface area contributed by atoms with Crippen molar-refractivity contribution >= 4 is 11.9 Å². The highest BCUT2D eigenvalue weighted by Gasteiger charge is 2.46. The smallest absolute Gasteiger partial charge is 0.433 e. The molecule has 2 aliphatic rings. The first-order valence-corrected chi connectivity index (χ1v) is 10.4. The van der Waals surface area contributed by atoms with Crippen molar-refractivity contribution in [2.45, 2.75) is 18.6 Å². The lowest BCUT2D eigenvalue weighted by Gasteiger charge is -2.53. The summed E-state index contributed by atoms with van der Waals surface area (Å²) < 4.78 is 44.5. The van der Waals surface area contributed by atoms with Gasteiger partial charge in [-0.05, 0) is 30.7 Å². The molecule has 2 fully saturated rings. The van der Waals surface area contributed by atoms with Crippen LogP contribution in [0.3, 0.4) is 0 Å². The third-order valence-corrected chi connectivity index (χ3v) is 6.10. The van der Waals surface area contributed by atoms with E-state index in [0.29, 0.717) is 36.6 Å². The number of rotatable bonds is 4. The standard InChI is InChI=1S/C21H20F3N7O2/c1-33-14-2-3-16(31-26-7-8-27-31)15(10-14)19(32)30-11-13-5-9-29(12-17(13)30)20-25-6-4-18(28-20)21(22,23)24/h2-4,6-8,10,13,17H,5,9,11-12H2,1H3/t13-,17-/m1/s1. The molecule has 0 bridgehead atoms. The summed E-state index contributed by atoms with van der Waals surface area (Å²) >= 11 is 0. The molecule has 0 aliphatic carbocycles. The molecule has 33 heavy (non-hydrogen) atoms. The summed E-state index contributed by atoms with van der Waals surface area (Å²) in [7, 11) is 1.52. The van der Waals surface area contributed by atoms with E-state index < -0.39 is 11.9 Å². The molecule has 9 nitrogen and oxygen atoms in total. The van der Waals surface area contributed by atoms with Crippen LogP contribution in [0.15, 0.2) is 42.9 Å². The lowest BCUT2D eigenvalue weighted by Crippen LogP contribution is -2.66.